The summed E-state index contributed by atoms with van der Waals surface area (Å²) < 4.78 is 10.6. The fourth-order valence-electron chi connectivity index (χ4n) is 2.19. The van der Waals surface area contributed by atoms with Crippen molar-refractivity contribution >= 4 is 11.6 Å². The quantitative estimate of drug-likeness (QED) is 0.790. The van der Waals surface area contributed by atoms with E-state index >= 15 is 0 Å². The summed E-state index contributed by atoms with van der Waals surface area (Å²) in [5, 5.41) is 0.621. The van der Waals surface area contributed by atoms with Gasteiger partial charge in [-0.2, -0.15) is 0 Å². The lowest BCUT2D eigenvalue weighted by molar-refractivity contribution is 0.390. The topological polar surface area (TPSA) is 44.5 Å². The molecule has 1 unspecified atom stereocenters. The van der Waals surface area contributed by atoms with E-state index in [2.05, 4.69) is 6.92 Å². The van der Waals surface area contributed by atoms with E-state index in [1.165, 1.54) is 0 Å². The van der Waals surface area contributed by atoms with Gasteiger partial charge in [-0.25, -0.2) is 0 Å². The van der Waals surface area contributed by atoms with Gasteiger partial charge in [-0.05, 0) is 37.3 Å². The molecule has 3 nitrogen and oxygen atoms in total. The van der Waals surface area contributed by atoms with Gasteiger partial charge in [0.25, 0.3) is 0 Å². The van der Waals surface area contributed by atoms with Crippen LogP contribution >= 0.6 is 11.6 Å². The Bertz CT molecular complexity index is 396. The third-order valence-electron chi connectivity index (χ3n) is 3.24. The van der Waals surface area contributed by atoms with Gasteiger partial charge in [0.05, 0.1) is 19.2 Å². The summed E-state index contributed by atoms with van der Waals surface area (Å²) in [6.45, 7) is 2.16. The highest BCUT2D eigenvalue weighted by atomic mass is 35.5. The molecule has 1 aromatic carbocycles. The van der Waals surface area contributed by atoms with Gasteiger partial charge >= 0.3 is 0 Å². The standard InChI is InChI=1S/C15H24ClNO2/c1-4-6-12(17)8-5-7-11-9-13(16)15(19-3)10-14(11)18-2/h9-10,12H,4-8,17H2,1-3H3. The van der Waals surface area contributed by atoms with Crippen LogP contribution in [0.15, 0.2) is 12.1 Å². The number of aryl methyl sites for hydroxylation is 1. The van der Waals surface area contributed by atoms with E-state index in [-0.39, 0.29) is 0 Å². The second kappa shape index (κ2) is 8.28. The molecule has 0 aliphatic heterocycles. The molecule has 0 aliphatic carbocycles. The Balaban J connectivity index is 2.64. The number of halogens is 1. The molecule has 0 bridgehead atoms. The molecule has 19 heavy (non-hydrogen) atoms. The second-order valence-corrected chi connectivity index (χ2v) is 5.15. The number of nitrogens with two attached hydrogens (primary N) is 1. The summed E-state index contributed by atoms with van der Waals surface area (Å²) in [6, 6.07) is 4.05. The Morgan fingerprint density at radius 2 is 1.84 bits per heavy atom. The van der Waals surface area contributed by atoms with Gasteiger partial charge in [-0.15, -0.1) is 0 Å². The van der Waals surface area contributed by atoms with Crippen LogP contribution < -0.4 is 15.2 Å². The van der Waals surface area contributed by atoms with Gasteiger partial charge in [-0.1, -0.05) is 24.9 Å². The van der Waals surface area contributed by atoms with Crippen molar-refractivity contribution < 1.29 is 9.47 Å². The van der Waals surface area contributed by atoms with E-state index in [1.54, 1.807) is 14.2 Å². The van der Waals surface area contributed by atoms with Crippen molar-refractivity contribution in [3.8, 4) is 11.5 Å². The first kappa shape index (κ1) is 16.1. The fourth-order valence-corrected chi connectivity index (χ4v) is 2.45. The molecule has 0 fully saturated rings. The van der Waals surface area contributed by atoms with Crippen LogP contribution in [0.25, 0.3) is 0 Å². The molecule has 0 amide bonds. The summed E-state index contributed by atoms with van der Waals surface area (Å²) >= 11 is 6.14. The number of rotatable bonds is 8. The highest BCUT2D eigenvalue weighted by molar-refractivity contribution is 6.32. The van der Waals surface area contributed by atoms with Crippen molar-refractivity contribution in [2.45, 2.75) is 45.1 Å². The van der Waals surface area contributed by atoms with Crippen LogP contribution in [0, 0.1) is 0 Å². The van der Waals surface area contributed by atoms with Crippen molar-refractivity contribution in [1.82, 2.24) is 0 Å². The van der Waals surface area contributed by atoms with Gasteiger partial charge in [0.15, 0.2) is 0 Å². The Morgan fingerprint density at radius 3 is 2.42 bits per heavy atom. The van der Waals surface area contributed by atoms with Crippen LogP contribution in [0.4, 0.5) is 0 Å². The molecule has 0 aliphatic rings. The molecule has 0 saturated heterocycles. The summed E-state index contributed by atoms with van der Waals surface area (Å²) in [5.74, 6) is 1.47. The number of hydrogen-bond acceptors (Lipinski definition) is 3. The zero-order valence-electron chi connectivity index (χ0n) is 12.0. The molecule has 0 aromatic heterocycles. The van der Waals surface area contributed by atoms with Crippen molar-refractivity contribution in [1.29, 1.82) is 0 Å². The highest BCUT2D eigenvalue weighted by Gasteiger charge is 2.10. The summed E-state index contributed by atoms with van der Waals surface area (Å²) in [4.78, 5) is 0. The Morgan fingerprint density at radius 1 is 1.16 bits per heavy atom. The minimum atomic E-state index is 0.296. The highest BCUT2D eigenvalue weighted by Crippen LogP contribution is 2.33. The predicted molar refractivity (Wildman–Crippen MR) is 80.4 cm³/mol. The zero-order chi connectivity index (χ0) is 14.3. The molecule has 0 saturated carbocycles. The minimum absolute atomic E-state index is 0.296. The normalized spacial score (nSPS) is 12.3. The monoisotopic (exact) mass is 285 g/mol. The molecule has 0 radical (unpaired) electrons. The first-order chi connectivity index (χ1) is 9.12. The molecular weight excluding hydrogens is 262 g/mol. The average molecular weight is 286 g/mol. The summed E-state index contributed by atoms with van der Waals surface area (Å²) in [5.41, 5.74) is 7.13. The van der Waals surface area contributed by atoms with Gasteiger partial charge in [0, 0.05) is 12.1 Å². The first-order valence-electron chi connectivity index (χ1n) is 6.78. The van der Waals surface area contributed by atoms with E-state index in [0.29, 0.717) is 16.8 Å². The van der Waals surface area contributed by atoms with Crippen LogP contribution in [0.5, 0.6) is 11.5 Å². The number of methoxy groups -OCH3 is 2. The van der Waals surface area contributed by atoms with E-state index in [1.807, 2.05) is 12.1 Å². The summed E-state index contributed by atoms with van der Waals surface area (Å²) in [7, 11) is 3.26. The fraction of sp³-hybridized carbons (Fsp3) is 0.600. The third-order valence-corrected chi connectivity index (χ3v) is 3.53. The third kappa shape index (κ3) is 4.92. The average Bonchev–Trinajstić information content (AvgIpc) is 2.39. The van der Waals surface area contributed by atoms with Crippen LogP contribution in [0.3, 0.4) is 0 Å². The second-order valence-electron chi connectivity index (χ2n) is 4.74. The predicted octanol–water partition coefficient (Wildman–Crippen LogP) is 3.81. The van der Waals surface area contributed by atoms with Crippen LogP contribution in [-0.4, -0.2) is 20.3 Å². The van der Waals surface area contributed by atoms with Crippen LogP contribution in [0.2, 0.25) is 5.02 Å². The van der Waals surface area contributed by atoms with Crippen molar-refractivity contribution in [3.05, 3.63) is 22.7 Å². The number of hydrogen-bond donors (Lipinski definition) is 1. The maximum Gasteiger partial charge on any atom is 0.141 e. The lowest BCUT2D eigenvalue weighted by atomic mass is 10.0. The van der Waals surface area contributed by atoms with E-state index in [0.717, 1.165) is 43.4 Å². The number of ether oxygens (including phenoxy) is 2. The molecule has 1 rings (SSSR count). The maximum absolute atomic E-state index is 6.14. The smallest absolute Gasteiger partial charge is 0.141 e. The molecular formula is C15H24ClNO2. The summed E-state index contributed by atoms with van der Waals surface area (Å²) in [6.07, 6.45) is 5.21. The molecule has 4 heteroatoms. The minimum Gasteiger partial charge on any atom is -0.496 e. The number of benzene rings is 1. The molecule has 1 atom stereocenters. The maximum atomic E-state index is 6.14. The van der Waals surface area contributed by atoms with Gasteiger partial charge < -0.3 is 15.2 Å². The zero-order valence-corrected chi connectivity index (χ0v) is 12.8. The SMILES string of the molecule is CCCC(N)CCCc1cc(Cl)c(OC)cc1OC. The van der Waals surface area contributed by atoms with Crippen molar-refractivity contribution in [2.75, 3.05) is 14.2 Å². The molecule has 0 heterocycles. The Hall–Kier alpha value is -0.930. The van der Waals surface area contributed by atoms with Crippen molar-refractivity contribution in [2.24, 2.45) is 5.73 Å². The molecule has 1 aromatic rings. The Kier molecular flexibility index (Phi) is 7.03. The first-order valence-corrected chi connectivity index (χ1v) is 7.16. The van der Waals surface area contributed by atoms with Crippen molar-refractivity contribution in [3.63, 3.8) is 0 Å². The largest absolute Gasteiger partial charge is 0.496 e. The van der Waals surface area contributed by atoms with Crippen LogP contribution in [-0.2, 0) is 6.42 Å². The van der Waals surface area contributed by atoms with E-state index in [4.69, 9.17) is 26.8 Å². The Labute approximate surface area is 121 Å². The lowest BCUT2D eigenvalue weighted by Gasteiger charge is -2.13. The van der Waals surface area contributed by atoms with Gasteiger partial charge in [0.1, 0.15) is 11.5 Å². The molecule has 108 valence electrons. The van der Waals surface area contributed by atoms with Gasteiger partial charge in [0.2, 0.25) is 0 Å². The van der Waals surface area contributed by atoms with E-state index in [9.17, 15) is 0 Å². The lowest BCUT2D eigenvalue weighted by Crippen LogP contribution is -2.19. The van der Waals surface area contributed by atoms with Crippen LogP contribution in [0.1, 0.15) is 38.2 Å². The van der Waals surface area contributed by atoms with Gasteiger partial charge in [-0.3, -0.25) is 0 Å². The van der Waals surface area contributed by atoms with E-state index < -0.39 is 0 Å². The molecule has 0 spiro atoms. The molecule has 2 N–H and O–H groups in total.